The van der Waals surface area contributed by atoms with Gasteiger partial charge in [0.2, 0.25) is 11.8 Å². The number of nitrogens with zero attached hydrogens (tertiary/aromatic N) is 8. The van der Waals surface area contributed by atoms with Crippen molar-refractivity contribution in [3.63, 3.8) is 0 Å². The summed E-state index contributed by atoms with van der Waals surface area (Å²) in [5.41, 5.74) is 5.39. The van der Waals surface area contributed by atoms with E-state index in [1.54, 1.807) is 23.0 Å². The predicted molar refractivity (Wildman–Crippen MR) is 266 cm³/mol. The number of morpholine rings is 1. The lowest BCUT2D eigenvalue weighted by molar-refractivity contribution is -0.693. The van der Waals surface area contributed by atoms with Crippen LogP contribution < -0.4 is 0 Å². The minimum atomic E-state index is -1.31. The van der Waals surface area contributed by atoms with Gasteiger partial charge in [0.05, 0.1) is 51.1 Å². The maximum Gasteiger partial charge on any atom is 0.378 e. The van der Waals surface area contributed by atoms with E-state index >= 15 is 9.59 Å². The summed E-state index contributed by atoms with van der Waals surface area (Å²) in [5, 5.41) is 2.63. The maximum atomic E-state index is 15.3. The Hall–Kier alpha value is -6.37. The molecule has 1 spiro atoms. The fraction of sp³-hybridized carbons (Fsp3) is 0.509. The van der Waals surface area contributed by atoms with Crippen LogP contribution in [0.3, 0.4) is 0 Å². The fourth-order valence-electron chi connectivity index (χ4n) is 11.2. The summed E-state index contributed by atoms with van der Waals surface area (Å²) < 4.78 is 15.4. The summed E-state index contributed by atoms with van der Waals surface area (Å²) in [6, 6.07) is 17.1. The molecule has 6 bridgehead atoms. The number of rotatable bonds is 7. The largest absolute Gasteiger partial charge is 0.460 e. The first-order valence-corrected chi connectivity index (χ1v) is 25.0. The van der Waals surface area contributed by atoms with Crippen molar-refractivity contribution in [1.82, 2.24) is 34.2 Å². The number of fused-ring (bicyclic) bond motifs is 6. The van der Waals surface area contributed by atoms with Gasteiger partial charge in [0, 0.05) is 86.9 Å². The van der Waals surface area contributed by atoms with Crippen LogP contribution in [0.25, 0.3) is 33.3 Å². The van der Waals surface area contributed by atoms with Gasteiger partial charge < -0.3 is 28.7 Å². The van der Waals surface area contributed by atoms with Crippen LogP contribution in [-0.4, -0.2) is 165 Å². The quantitative estimate of drug-likeness (QED) is 0.109. The number of cyclic esters (lactones) is 1. The topological polar surface area (TPSA) is 141 Å². The first-order valence-electron chi connectivity index (χ1n) is 25.0. The zero-order chi connectivity index (χ0) is 49.5. The van der Waals surface area contributed by atoms with Crippen molar-refractivity contribution in [2.45, 2.75) is 90.9 Å². The molecule has 9 rings (SSSR count). The minimum absolute atomic E-state index is 0.125. The highest BCUT2D eigenvalue weighted by atomic mass is 16.5. The lowest BCUT2D eigenvalue weighted by atomic mass is 9.84. The lowest BCUT2D eigenvalue weighted by Crippen LogP contribution is -2.58. The number of pyridine rings is 1. The maximum absolute atomic E-state index is 15.3. The number of hydrogen-bond acceptors (Lipinski definition) is 9. The van der Waals surface area contributed by atoms with Gasteiger partial charge in [0.15, 0.2) is 6.72 Å². The van der Waals surface area contributed by atoms with E-state index < -0.39 is 34.9 Å². The zero-order valence-corrected chi connectivity index (χ0v) is 41.6. The number of carbonyl (C=O) groups excluding carboxylic acids is 5. The molecule has 15 nitrogen and oxygen atoms in total. The number of carbonyl (C=O) groups is 5. The molecule has 4 amide bonds. The number of hydrogen-bond donors (Lipinski definition) is 0. The van der Waals surface area contributed by atoms with Gasteiger partial charge in [-0.3, -0.25) is 29.1 Å². The number of esters is 1. The van der Waals surface area contributed by atoms with Gasteiger partial charge in [0.25, 0.3) is 11.9 Å². The molecule has 4 saturated heterocycles. The Morgan fingerprint density at radius 2 is 1.74 bits per heavy atom. The molecular formula is C55H67N8O7+. The Morgan fingerprint density at radius 3 is 2.49 bits per heavy atom. The monoisotopic (exact) mass is 952 g/mol. The summed E-state index contributed by atoms with van der Waals surface area (Å²) >= 11 is 0. The second-order valence-electron chi connectivity index (χ2n) is 20.9. The fourth-order valence-corrected chi connectivity index (χ4v) is 11.2. The van der Waals surface area contributed by atoms with Crippen LogP contribution in [0, 0.1) is 29.1 Å². The molecule has 2 aromatic heterocycles. The van der Waals surface area contributed by atoms with E-state index in [9.17, 15) is 14.4 Å². The van der Waals surface area contributed by atoms with E-state index in [0.717, 1.165) is 64.0 Å². The molecule has 70 heavy (non-hydrogen) atoms. The number of ether oxygens (including phenoxy) is 2. The first kappa shape index (κ1) is 48.6. The minimum Gasteiger partial charge on any atom is -0.460 e. The van der Waals surface area contributed by atoms with Crippen LogP contribution in [0.1, 0.15) is 65.0 Å². The summed E-state index contributed by atoms with van der Waals surface area (Å²) in [5.74, 6) is 3.31. The Kier molecular flexibility index (Phi) is 13.8. The van der Waals surface area contributed by atoms with Crippen LogP contribution in [0.15, 0.2) is 67.0 Å². The molecule has 2 aromatic carbocycles. The molecule has 5 aliphatic heterocycles. The second kappa shape index (κ2) is 19.8. The number of hydrazone groups is 1. The molecule has 5 aliphatic rings. The van der Waals surface area contributed by atoms with Gasteiger partial charge in [-0.2, -0.15) is 0 Å². The molecule has 7 heterocycles. The van der Waals surface area contributed by atoms with Crippen molar-refractivity contribution in [2.24, 2.45) is 17.3 Å². The second-order valence-corrected chi connectivity index (χ2v) is 20.9. The van der Waals surface area contributed by atoms with Gasteiger partial charge in [-0.15, -0.1) is 9.69 Å². The van der Waals surface area contributed by atoms with Crippen molar-refractivity contribution in [1.29, 1.82) is 0 Å². The summed E-state index contributed by atoms with van der Waals surface area (Å²) in [7, 11) is 1.65. The van der Waals surface area contributed by atoms with E-state index in [1.165, 1.54) is 14.6 Å². The number of likely N-dealkylation sites (tertiary alicyclic amines) is 1. The van der Waals surface area contributed by atoms with Gasteiger partial charge in [-0.1, -0.05) is 63.9 Å². The van der Waals surface area contributed by atoms with Crippen LogP contribution in [0.5, 0.6) is 0 Å². The van der Waals surface area contributed by atoms with Crippen molar-refractivity contribution in [2.75, 3.05) is 72.7 Å². The van der Waals surface area contributed by atoms with Crippen LogP contribution in [-0.2, 0) is 52.8 Å². The van der Waals surface area contributed by atoms with E-state index in [0.29, 0.717) is 58.5 Å². The molecule has 15 heteroatoms. The number of aryl methyl sites for hydroxylation is 1. The Labute approximate surface area is 411 Å². The average molecular weight is 952 g/mol. The molecule has 0 unspecified atom stereocenters. The predicted octanol–water partition coefficient (Wildman–Crippen LogP) is 4.93. The van der Waals surface area contributed by atoms with Crippen molar-refractivity contribution in [3.8, 4) is 34.2 Å². The molecule has 0 N–H and O–H groups in total. The lowest BCUT2D eigenvalue weighted by Gasteiger charge is -2.34. The third-order valence-corrected chi connectivity index (χ3v) is 15.0. The van der Waals surface area contributed by atoms with Gasteiger partial charge >= 0.3 is 11.9 Å². The molecule has 4 fully saturated rings. The van der Waals surface area contributed by atoms with Crippen LogP contribution >= 0.6 is 0 Å². The van der Waals surface area contributed by atoms with Gasteiger partial charge in [-0.25, -0.2) is 4.79 Å². The van der Waals surface area contributed by atoms with Crippen molar-refractivity contribution >= 4 is 47.2 Å². The molecule has 4 atom stereocenters. The van der Waals surface area contributed by atoms with Crippen LogP contribution in [0.4, 0.5) is 0 Å². The highest BCUT2D eigenvalue weighted by Gasteiger charge is 2.65. The SMILES string of the molecule is C=[N+]1[C@H]2CCCN1C(=O)[C@@]1(Cc3cccc(c3)-c3ccc4c(c3)c(c(-c3cccnc3)n4CC)CC(C)(C)COC2=O)CN1C(=O)[C@H](C(C)C)N(C)C(=O)[C@H]1CCN(C(=O)C#CCN2CCOCC2)C1. The molecule has 0 saturated carbocycles. The van der Waals surface area contributed by atoms with E-state index in [-0.39, 0.29) is 55.7 Å². The Bertz CT molecular complexity index is 2770. The van der Waals surface area contributed by atoms with E-state index in [2.05, 4.69) is 90.2 Å². The van der Waals surface area contributed by atoms with Crippen LogP contribution in [0.2, 0.25) is 0 Å². The summed E-state index contributed by atoms with van der Waals surface area (Å²) in [6.07, 6.45) is 5.96. The van der Waals surface area contributed by atoms with E-state index in [4.69, 9.17) is 9.47 Å². The highest BCUT2D eigenvalue weighted by Crippen LogP contribution is 2.43. The molecule has 368 valence electrons. The van der Waals surface area contributed by atoms with Gasteiger partial charge in [-0.05, 0) is 84.5 Å². The Morgan fingerprint density at radius 1 is 0.971 bits per heavy atom. The Balaban J connectivity index is 1.03. The third-order valence-electron chi connectivity index (χ3n) is 15.0. The molecule has 0 radical (unpaired) electrons. The summed E-state index contributed by atoms with van der Waals surface area (Å²) in [6.45, 7) is 19.7. The zero-order valence-electron chi connectivity index (χ0n) is 41.6. The number of amides is 4. The number of aromatic nitrogens is 2. The molecule has 0 aliphatic carbocycles. The number of likely N-dealkylation sites (N-methyl/N-ethyl adjacent to an activating group) is 1. The first-order chi connectivity index (χ1) is 33.6. The van der Waals surface area contributed by atoms with Gasteiger partial charge in [0.1, 0.15) is 11.6 Å². The number of hydrazine groups is 1. The molecule has 4 aromatic rings. The average Bonchev–Trinajstić information content (AvgIpc) is 3.71. The smallest absolute Gasteiger partial charge is 0.378 e. The normalized spacial score (nSPS) is 23.2. The molecular weight excluding hydrogens is 885 g/mol. The van der Waals surface area contributed by atoms with Crippen molar-refractivity contribution in [3.05, 3.63) is 78.1 Å². The number of benzene rings is 2. The van der Waals surface area contributed by atoms with E-state index in [1.807, 2.05) is 38.2 Å². The van der Waals surface area contributed by atoms with Crippen molar-refractivity contribution < 1.29 is 38.1 Å². The summed E-state index contributed by atoms with van der Waals surface area (Å²) in [4.78, 5) is 83.4. The third kappa shape index (κ3) is 9.48. The standard InChI is InChI=1S/C55H67N8O7/c1-8-61-45-19-18-40-30-43(45)44(49(61)41-15-10-21-56-33-41)32-54(4,5)36-70-52(67)46-16-11-23-63(58(46)7)53(68)55(31-38-13-9-14-39(40)29-38)35-62(55)51(66)48(37(2)3)57(6)50(65)42-20-24-60(34-42)47(64)17-12-22-59-25-27-69-28-26-59/h9-10,13-15,18-19,21,29-30,33,37,42,46,48H,7-8,11,16,20,22-28,31-32,34-36H2,1-6H3/q+1/t42-,46-,48-,55+,62?/m0/s1. The highest BCUT2D eigenvalue weighted by molar-refractivity contribution is 6.00.